The maximum atomic E-state index is 12.5. The molecule has 0 radical (unpaired) electrons. The Balaban J connectivity index is 2.28. The van der Waals surface area contributed by atoms with E-state index in [4.69, 9.17) is 22.1 Å². The molecule has 0 aliphatic rings. The molecule has 0 saturated heterocycles. The molecular weight excluding hydrogens is 332 g/mol. The predicted octanol–water partition coefficient (Wildman–Crippen LogP) is 2.81. The highest BCUT2D eigenvalue weighted by Crippen LogP contribution is 2.28. The number of hydrogen-bond donors (Lipinski definition) is 1. The van der Waals surface area contributed by atoms with E-state index < -0.39 is 10.0 Å². The highest BCUT2D eigenvalue weighted by molar-refractivity contribution is 7.89. The molecule has 8 heteroatoms. The van der Waals surface area contributed by atoms with Crippen LogP contribution in [0.15, 0.2) is 35.2 Å². The number of hydrogen-bond acceptors (Lipinski definition) is 5. The summed E-state index contributed by atoms with van der Waals surface area (Å²) in [5, 5.41) is 0. The molecule has 0 fully saturated rings. The molecule has 0 saturated carbocycles. The number of thiophene rings is 1. The summed E-state index contributed by atoms with van der Waals surface area (Å²) in [5.41, 5.74) is 5.97. The number of nitrogens with zero attached hydrogens (tertiary/aromatic N) is 1. The van der Waals surface area contributed by atoms with Gasteiger partial charge in [0.05, 0.1) is 17.1 Å². The van der Waals surface area contributed by atoms with Crippen LogP contribution in [0.4, 0.5) is 5.69 Å². The average molecular weight is 347 g/mol. The van der Waals surface area contributed by atoms with Gasteiger partial charge in [-0.15, -0.1) is 11.3 Å². The maximum absolute atomic E-state index is 12.5. The molecule has 2 aromatic rings. The predicted molar refractivity (Wildman–Crippen MR) is 85.4 cm³/mol. The summed E-state index contributed by atoms with van der Waals surface area (Å²) >= 11 is 7.20. The number of nitrogens with two attached hydrogens (primary N) is 1. The highest BCUT2D eigenvalue weighted by atomic mass is 35.5. The Hall–Kier alpha value is -1.28. The van der Waals surface area contributed by atoms with Crippen molar-refractivity contribution in [2.75, 3.05) is 19.9 Å². The molecule has 0 amide bonds. The molecule has 0 atom stereocenters. The Kier molecular flexibility index (Phi) is 4.77. The van der Waals surface area contributed by atoms with Crippen molar-refractivity contribution in [1.29, 1.82) is 0 Å². The lowest BCUT2D eigenvalue weighted by Gasteiger charge is -2.18. The second-order valence-corrected chi connectivity index (χ2v) is 8.18. The third-order valence-corrected chi connectivity index (χ3v) is 6.01. The standard InChI is InChI=1S/C13H15ClN2O3S2/c1-16(8-10-4-6-13(14)20-10)21(17,18)12-5-3-9(19-2)7-11(12)15/h3-7H,8,15H2,1-2H3. The van der Waals surface area contributed by atoms with Gasteiger partial charge in [-0.05, 0) is 24.3 Å². The van der Waals surface area contributed by atoms with Crippen molar-refractivity contribution in [2.45, 2.75) is 11.4 Å². The van der Waals surface area contributed by atoms with Crippen molar-refractivity contribution in [3.63, 3.8) is 0 Å². The lowest BCUT2D eigenvalue weighted by molar-refractivity contribution is 0.414. The molecular formula is C13H15ClN2O3S2. The molecule has 2 rings (SSSR count). The number of ether oxygens (including phenoxy) is 1. The fourth-order valence-corrected chi connectivity index (χ4v) is 4.26. The van der Waals surface area contributed by atoms with Crippen molar-refractivity contribution in [2.24, 2.45) is 0 Å². The summed E-state index contributed by atoms with van der Waals surface area (Å²) in [6.07, 6.45) is 0. The molecule has 114 valence electrons. The Labute approximate surface area is 133 Å². The third-order valence-electron chi connectivity index (χ3n) is 2.91. The zero-order chi connectivity index (χ0) is 15.6. The first-order chi connectivity index (χ1) is 9.84. The number of anilines is 1. The fraction of sp³-hybridized carbons (Fsp3) is 0.231. The van der Waals surface area contributed by atoms with Crippen molar-refractivity contribution in [3.8, 4) is 5.75 Å². The monoisotopic (exact) mass is 346 g/mol. The third kappa shape index (κ3) is 3.49. The number of rotatable bonds is 5. The Bertz CT molecular complexity index is 744. The van der Waals surface area contributed by atoms with Crippen LogP contribution in [0.25, 0.3) is 0 Å². The van der Waals surface area contributed by atoms with Gasteiger partial charge in [0.2, 0.25) is 10.0 Å². The number of benzene rings is 1. The molecule has 0 aliphatic heterocycles. The van der Waals surface area contributed by atoms with Crippen LogP contribution in [0.3, 0.4) is 0 Å². The van der Waals surface area contributed by atoms with E-state index in [1.54, 1.807) is 18.2 Å². The van der Waals surface area contributed by atoms with E-state index in [0.29, 0.717) is 10.1 Å². The van der Waals surface area contributed by atoms with E-state index in [0.717, 1.165) is 4.88 Å². The molecule has 0 aliphatic carbocycles. The van der Waals surface area contributed by atoms with Gasteiger partial charge in [-0.2, -0.15) is 4.31 Å². The first-order valence-corrected chi connectivity index (χ1v) is 8.62. The van der Waals surface area contributed by atoms with Gasteiger partial charge in [-0.1, -0.05) is 11.6 Å². The summed E-state index contributed by atoms with van der Waals surface area (Å²) in [4.78, 5) is 0.923. The lowest BCUT2D eigenvalue weighted by Crippen LogP contribution is -2.26. The molecule has 2 N–H and O–H groups in total. The van der Waals surface area contributed by atoms with Gasteiger partial charge in [-0.25, -0.2) is 8.42 Å². The second kappa shape index (κ2) is 6.23. The summed E-state index contributed by atoms with van der Waals surface area (Å²) in [6, 6.07) is 8.05. The number of halogens is 1. The zero-order valence-electron chi connectivity index (χ0n) is 11.5. The minimum absolute atomic E-state index is 0.0634. The van der Waals surface area contributed by atoms with E-state index in [1.807, 2.05) is 0 Å². The van der Waals surface area contributed by atoms with Crippen molar-refractivity contribution >= 4 is 38.6 Å². The smallest absolute Gasteiger partial charge is 0.245 e. The Morgan fingerprint density at radius 2 is 2.05 bits per heavy atom. The Morgan fingerprint density at radius 1 is 1.33 bits per heavy atom. The van der Waals surface area contributed by atoms with E-state index in [1.165, 1.54) is 41.9 Å². The van der Waals surface area contributed by atoms with Crippen molar-refractivity contribution < 1.29 is 13.2 Å². The van der Waals surface area contributed by atoms with Crippen LogP contribution in [0.1, 0.15) is 4.88 Å². The van der Waals surface area contributed by atoms with Crippen LogP contribution < -0.4 is 10.5 Å². The summed E-state index contributed by atoms with van der Waals surface area (Å²) in [7, 11) is -0.665. The van der Waals surface area contributed by atoms with Gasteiger partial charge in [0, 0.05) is 24.5 Å². The molecule has 1 aromatic heterocycles. The molecule has 0 bridgehead atoms. The van der Waals surface area contributed by atoms with E-state index in [2.05, 4.69) is 0 Å². The summed E-state index contributed by atoms with van der Waals surface area (Å²) in [6.45, 7) is 0.241. The zero-order valence-corrected chi connectivity index (χ0v) is 13.9. The second-order valence-electron chi connectivity index (χ2n) is 4.37. The van der Waals surface area contributed by atoms with Gasteiger partial charge in [0.1, 0.15) is 10.6 Å². The Morgan fingerprint density at radius 3 is 2.57 bits per heavy atom. The first-order valence-electron chi connectivity index (χ1n) is 5.98. The summed E-state index contributed by atoms with van der Waals surface area (Å²) in [5.74, 6) is 0.513. The van der Waals surface area contributed by atoms with Crippen LogP contribution in [-0.2, 0) is 16.6 Å². The van der Waals surface area contributed by atoms with Crippen LogP contribution in [0.2, 0.25) is 4.34 Å². The number of nitrogen functional groups attached to an aromatic ring is 1. The summed E-state index contributed by atoms with van der Waals surface area (Å²) < 4.78 is 32.0. The quantitative estimate of drug-likeness (QED) is 0.845. The van der Waals surface area contributed by atoms with Crippen molar-refractivity contribution in [1.82, 2.24) is 4.31 Å². The van der Waals surface area contributed by atoms with E-state index >= 15 is 0 Å². The van der Waals surface area contributed by atoms with Crippen LogP contribution in [0, 0.1) is 0 Å². The van der Waals surface area contributed by atoms with Gasteiger partial charge in [0.25, 0.3) is 0 Å². The lowest BCUT2D eigenvalue weighted by atomic mass is 10.3. The first kappa shape index (κ1) is 16.1. The molecule has 0 spiro atoms. The van der Waals surface area contributed by atoms with Crippen molar-refractivity contribution in [3.05, 3.63) is 39.5 Å². The van der Waals surface area contributed by atoms with Gasteiger partial charge >= 0.3 is 0 Å². The number of sulfonamides is 1. The minimum atomic E-state index is -3.67. The van der Waals surface area contributed by atoms with E-state index in [9.17, 15) is 8.42 Å². The fourth-order valence-electron chi connectivity index (χ4n) is 1.80. The normalized spacial score (nSPS) is 11.8. The van der Waals surface area contributed by atoms with Crippen LogP contribution in [0.5, 0.6) is 5.75 Å². The highest BCUT2D eigenvalue weighted by Gasteiger charge is 2.24. The van der Waals surface area contributed by atoms with Crippen LogP contribution in [-0.4, -0.2) is 26.9 Å². The molecule has 0 unspecified atom stereocenters. The van der Waals surface area contributed by atoms with Crippen LogP contribution >= 0.6 is 22.9 Å². The topological polar surface area (TPSA) is 72.6 Å². The van der Waals surface area contributed by atoms with Gasteiger partial charge < -0.3 is 10.5 Å². The SMILES string of the molecule is COc1ccc(S(=O)(=O)N(C)Cc2ccc(Cl)s2)c(N)c1. The van der Waals surface area contributed by atoms with Gasteiger partial charge in [0.15, 0.2) is 0 Å². The minimum Gasteiger partial charge on any atom is -0.497 e. The maximum Gasteiger partial charge on any atom is 0.245 e. The largest absolute Gasteiger partial charge is 0.497 e. The molecule has 21 heavy (non-hydrogen) atoms. The molecule has 1 aromatic carbocycles. The van der Waals surface area contributed by atoms with Gasteiger partial charge in [-0.3, -0.25) is 0 Å². The number of methoxy groups -OCH3 is 1. The van der Waals surface area contributed by atoms with E-state index in [-0.39, 0.29) is 17.1 Å². The molecule has 1 heterocycles. The molecule has 5 nitrogen and oxygen atoms in total. The average Bonchev–Trinajstić information content (AvgIpc) is 2.83.